The Kier molecular flexibility index (Phi) is 3.02. The molecule has 0 spiro atoms. The number of likely N-dealkylation sites (tertiary alicyclic amines) is 1. The van der Waals surface area contributed by atoms with Gasteiger partial charge in [0, 0.05) is 12.8 Å². The maximum Gasteiger partial charge on any atom is 0.239 e. The van der Waals surface area contributed by atoms with Crippen LogP contribution in [0.2, 0.25) is 0 Å². The van der Waals surface area contributed by atoms with Crippen molar-refractivity contribution in [3.8, 4) is 0 Å². The predicted octanol–water partition coefficient (Wildman–Crippen LogP) is -3.49. The maximum atomic E-state index is 2.36. The summed E-state index contributed by atoms with van der Waals surface area (Å²) >= 11 is 0. The summed E-state index contributed by atoms with van der Waals surface area (Å²) in [6, 6.07) is 0. The Morgan fingerprint density at radius 1 is 1.25 bits per heavy atom. The summed E-state index contributed by atoms with van der Waals surface area (Å²) < 4.78 is 1.39. The van der Waals surface area contributed by atoms with Crippen LogP contribution in [-0.2, 0) is 0 Å². The molecule has 50 valence electrons. The monoisotopic (exact) mass is 151 g/mol. The minimum absolute atomic E-state index is 0. The zero-order chi connectivity index (χ0) is 5.33. The predicted molar refractivity (Wildman–Crippen MR) is 35.1 cm³/mol. The van der Waals surface area contributed by atoms with Crippen LogP contribution < -0.4 is 12.4 Å². The van der Waals surface area contributed by atoms with Crippen molar-refractivity contribution in [2.45, 2.75) is 12.8 Å². The van der Waals surface area contributed by atoms with Gasteiger partial charge in [0.2, 0.25) is 10.4 Å². The standard InChI is InChI=1S/C5H14NSi.ClH/c1-6(7)4-2-3-5-6;/h2-5H2,1,7H3;1H/q+1;/p-1. The fraction of sp³-hybridized carbons (Fsp3) is 1.00. The largest absolute Gasteiger partial charge is 1.00 e. The van der Waals surface area contributed by atoms with Gasteiger partial charge in [-0.05, 0) is 0 Å². The van der Waals surface area contributed by atoms with Crippen LogP contribution in [0.15, 0.2) is 0 Å². The molecule has 1 rings (SSSR count). The lowest BCUT2D eigenvalue weighted by Crippen LogP contribution is -3.00. The third-order valence-electron chi connectivity index (χ3n) is 1.78. The topological polar surface area (TPSA) is 0 Å². The molecule has 1 nitrogen and oxygen atoms in total. The summed E-state index contributed by atoms with van der Waals surface area (Å²) in [6.07, 6.45) is 2.94. The smallest absolute Gasteiger partial charge is 0.239 e. The Labute approximate surface area is 60.6 Å². The molecule has 0 N–H and O–H groups in total. The van der Waals surface area contributed by atoms with Crippen LogP contribution in [0.25, 0.3) is 0 Å². The molecule has 0 saturated carbocycles. The number of nitrogens with zero attached hydrogens (tertiary/aromatic N) is 1. The van der Waals surface area contributed by atoms with Crippen LogP contribution >= 0.6 is 0 Å². The minimum Gasteiger partial charge on any atom is -1.00 e. The second-order valence-electron chi connectivity index (χ2n) is 3.09. The molecule has 1 aliphatic heterocycles. The van der Waals surface area contributed by atoms with Gasteiger partial charge in [-0.2, -0.15) is 0 Å². The first-order valence-corrected chi connectivity index (χ1v) is 3.92. The number of rotatable bonds is 0. The number of hydrogen-bond donors (Lipinski definition) is 0. The lowest BCUT2D eigenvalue weighted by Gasteiger charge is -2.24. The molecule has 0 aromatic heterocycles. The Balaban J connectivity index is 0.000000490. The fourth-order valence-corrected chi connectivity index (χ4v) is 1.82. The molecule has 0 aliphatic carbocycles. The molecule has 1 fully saturated rings. The van der Waals surface area contributed by atoms with Gasteiger partial charge < -0.3 is 16.6 Å². The Hall–Kier alpha value is 0.467. The van der Waals surface area contributed by atoms with Gasteiger partial charge in [-0.15, -0.1) is 0 Å². The third-order valence-corrected chi connectivity index (χ3v) is 2.67. The molecule has 0 aromatic rings. The molecule has 8 heavy (non-hydrogen) atoms. The molecular weight excluding hydrogens is 138 g/mol. The van der Waals surface area contributed by atoms with Crippen molar-refractivity contribution in [3.63, 3.8) is 0 Å². The van der Waals surface area contributed by atoms with Crippen molar-refractivity contribution in [2.75, 3.05) is 20.1 Å². The molecule has 0 radical (unpaired) electrons. The minimum atomic E-state index is 0. The SMILES string of the molecule is C[N+]1([SiH3])CCCC1.[Cl-]. The van der Waals surface area contributed by atoms with Gasteiger partial charge in [-0.3, -0.25) is 0 Å². The van der Waals surface area contributed by atoms with Crippen molar-refractivity contribution in [1.29, 1.82) is 0 Å². The van der Waals surface area contributed by atoms with E-state index in [1.165, 1.54) is 40.5 Å². The zero-order valence-corrected chi connectivity index (χ0v) is 8.41. The van der Waals surface area contributed by atoms with E-state index in [9.17, 15) is 0 Å². The highest BCUT2D eigenvalue weighted by molar-refractivity contribution is 5.97. The molecule has 0 bridgehead atoms. The van der Waals surface area contributed by atoms with Gasteiger partial charge in [0.25, 0.3) is 0 Å². The van der Waals surface area contributed by atoms with Crippen LogP contribution in [-0.4, -0.2) is 34.7 Å². The Bertz CT molecular complexity index is 66.8. The number of halogens is 1. The summed E-state index contributed by atoms with van der Waals surface area (Å²) in [5.74, 6) is 0. The van der Waals surface area contributed by atoms with Crippen molar-refractivity contribution >= 4 is 10.4 Å². The lowest BCUT2D eigenvalue weighted by molar-refractivity contribution is -0.781. The van der Waals surface area contributed by atoms with Gasteiger partial charge >= 0.3 is 0 Å². The fourth-order valence-electron chi connectivity index (χ4n) is 1.19. The van der Waals surface area contributed by atoms with Crippen LogP contribution in [0.4, 0.5) is 0 Å². The molecule has 1 saturated heterocycles. The van der Waals surface area contributed by atoms with Crippen LogP contribution in [0.3, 0.4) is 0 Å². The average molecular weight is 152 g/mol. The molecule has 0 unspecified atom stereocenters. The number of hydrogen-bond acceptors (Lipinski definition) is 0. The third kappa shape index (κ3) is 2.16. The van der Waals surface area contributed by atoms with Crippen molar-refractivity contribution < 1.29 is 16.6 Å². The summed E-state index contributed by atoms with van der Waals surface area (Å²) in [5.41, 5.74) is 0. The second kappa shape index (κ2) is 2.85. The summed E-state index contributed by atoms with van der Waals surface area (Å²) in [5, 5.41) is 0. The van der Waals surface area contributed by atoms with Gasteiger partial charge in [0.1, 0.15) is 0 Å². The highest BCUT2D eigenvalue weighted by atomic mass is 35.5. The van der Waals surface area contributed by atoms with E-state index in [2.05, 4.69) is 7.05 Å². The van der Waals surface area contributed by atoms with Gasteiger partial charge in [-0.25, -0.2) is 0 Å². The highest BCUT2D eigenvalue weighted by Gasteiger charge is 2.18. The van der Waals surface area contributed by atoms with E-state index in [4.69, 9.17) is 0 Å². The first kappa shape index (κ1) is 8.47. The normalized spacial score (nSPS) is 25.1. The summed E-state index contributed by atoms with van der Waals surface area (Å²) in [6.45, 7) is 2.90. The van der Waals surface area contributed by atoms with E-state index in [0.717, 1.165) is 0 Å². The van der Waals surface area contributed by atoms with E-state index in [1.807, 2.05) is 0 Å². The molecule has 1 aliphatic rings. The molecule has 3 heteroatoms. The molecule has 1 heterocycles. The molecule has 0 aromatic carbocycles. The molecular formula is C5H14ClNSi. The van der Waals surface area contributed by atoms with Crippen molar-refractivity contribution in [1.82, 2.24) is 0 Å². The van der Waals surface area contributed by atoms with Crippen LogP contribution in [0, 0.1) is 0 Å². The van der Waals surface area contributed by atoms with E-state index >= 15 is 0 Å². The maximum absolute atomic E-state index is 2.36. The Morgan fingerprint density at radius 3 is 1.75 bits per heavy atom. The number of quaternary nitrogens is 1. The lowest BCUT2D eigenvalue weighted by atomic mass is 10.4. The summed E-state index contributed by atoms with van der Waals surface area (Å²) in [4.78, 5) is 0. The Morgan fingerprint density at radius 2 is 1.62 bits per heavy atom. The van der Waals surface area contributed by atoms with E-state index < -0.39 is 0 Å². The van der Waals surface area contributed by atoms with Crippen LogP contribution in [0.5, 0.6) is 0 Å². The van der Waals surface area contributed by atoms with E-state index in [-0.39, 0.29) is 12.4 Å². The summed E-state index contributed by atoms with van der Waals surface area (Å²) in [7, 11) is 3.71. The van der Waals surface area contributed by atoms with E-state index in [0.29, 0.717) is 0 Å². The highest BCUT2D eigenvalue weighted by Crippen LogP contribution is 2.10. The molecule has 0 atom stereocenters. The average Bonchev–Trinajstić information content (AvgIpc) is 1.84. The van der Waals surface area contributed by atoms with Gasteiger partial charge in [0.15, 0.2) is 0 Å². The quantitative estimate of drug-likeness (QED) is 0.316. The first-order chi connectivity index (χ1) is 3.21. The van der Waals surface area contributed by atoms with Gasteiger partial charge in [-0.1, -0.05) is 0 Å². The van der Waals surface area contributed by atoms with Crippen LogP contribution in [0.1, 0.15) is 12.8 Å². The van der Waals surface area contributed by atoms with E-state index in [1.54, 1.807) is 0 Å². The van der Waals surface area contributed by atoms with Gasteiger partial charge in [0.05, 0.1) is 20.1 Å². The van der Waals surface area contributed by atoms with Crippen molar-refractivity contribution in [2.24, 2.45) is 0 Å². The first-order valence-electron chi connectivity index (χ1n) is 3.03. The second-order valence-corrected chi connectivity index (χ2v) is 5.25. The van der Waals surface area contributed by atoms with Crippen molar-refractivity contribution in [3.05, 3.63) is 0 Å². The molecule has 0 amide bonds. The zero-order valence-electron chi connectivity index (χ0n) is 5.65.